The maximum Gasteiger partial charge on any atom is 0.107 e. The van der Waals surface area contributed by atoms with Crippen LogP contribution in [0.1, 0.15) is 25.7 Å². The predicted octanol–water partition coefficient (Wildman–Crippen LogP) is 4.20. The van der Waals surface area contributed by atoms with E-state index >= 15 is 0 Å². The summed E-state index contributed by atoms with van der Waals surface area (Å²) in [4.78, 5) is -0.236. The zero-order valence-corrected chi connectivity index (χ0v) is 9.23. The lowest BCUT2D eigenvalue weighted by Gasteiger charge is -2.04. The van der Waals surface area contributed by atoms with Crippen molar-refractivity contribution in [3.8, 4) is 0 Å². The molecule has 0 nitrogen and oxygen atoms in total. The molecular formula is C7H12Cl4. The number of unbranched alkanes of at least 4 members (excludes halogenated alkanes) is 1. The molecule has 1 unspecified atom stereocenters. The minimum Gasteiger partial charge on any atom is -0.125 e. The van der Waals surface area contributed by atoms with Crippen LogP contribution >= 0.6 is 46.4 Å². The fourth-order valence-corrected chi connectivity index (χ4v) is 1.36. The summed E-state index contributed by atoms with van der Waals surface area (Å²) >= 11 is 22.4. The van der Waals surface area contributed by atoms with Gasteiger partial charge in [0, 0.05) is 11.3 Å². The van der Waals surface area contributed by atoms with Gasteiger partial charge in [0.15, 0.2) is 0 Å². The number of halogens is 4. The van der Waals surface area contributed by atoms with Crippen molar-refractivity contribution in [2.75, 3.05) is 5.88 Å². The Hall–Kier alpha value is 1.16. The zero-order chi connectivity index (χ0) is 8.69. The largest absolute Gasteiger partial charge is 0.125 e. The molecule has 0 bridgehead atoms. The highest BCUT2D eigenvalue weighted by Crippen LogP contribution is 2.15. The van der Waals surface area contributed by atoms with Crippen molar-refractivity contribution in [2.45, 2.75) is 35.9 Å². The molecule has 0 rings (SSSR count). The number of hydrogen-bond donors (Lipinski definition) is 0. The first-order chi connectivity index (χ1) is 5.16. The van der Waals surface area contributed by atoms with Crippen LogP contribution < -0.4 is 0 Å². The van der Waals surface area contributed by atoms with Crippen LogP contribution in [0.4, 0.5) is 0 Å². The topological polar surface area (TPSA) is 0 Å². The summed E-state index contributed by atoms with van der Waals surface area (Å²) in [6, 6.07) is 0. The van der Waals surface area contributed by atoms with Crippen molar-refractivity contribution in [3.05, 3.63) is 0 Å². The molecule has 11 heavy (non-hydrogen) atoms. The minimum atomic E-state index is -0.236. The van der Waals surface area contributed by atoms with Crippen LogP contribution in [0.3, 0.4) is 0 Å². The van der Waals surface area contributed by atoms with E-state index in [1.165, 1.54) is 0 Å². The second-order valence-electron chi connectivity index (χ2n) is 2.43. The third-order valence-electron chi connectivity index (χ3n) is 1.36. The second kappa shape index (κ2) is 7.79. The van der Waals surface area contributed by atoms with E-state index in [0.29, 0.717) is 5.88 Å². The van der Waals surface area contributed by atoms with Crippen molar-refractivity contribution in [1.82, 2.24) is 0 Å². The van der Waals surface area contributed by atoms with Gasteiger partial charge in [-0.15, -0.1) is 46.4 Å². The van der Waals surface area contributed by atoms with Gasteiger partial charge in [-0.05, 0) is 12.8 Å². The van der Waals surface area contributed by atoms with E-state index in [0.717, 1.165) is 25.7 Å². The molecule has 0 aliphatic carbocycles. The van der Waals surface area contributed by atoms with Crippen molar-refractivity contribution >= 4 is 46.4 Å². The molecule has 0 saturated carbocycles. The molecule has 0 fully saturated rings. The average molecular weight is 238 g/mol. The van der Waals surface area contributed by atoms with Crippen molar-refractivity contribution in [2.24, 2.45) is 0 Å². The van der Waals surface area contributed by atoms with Crippen LogP contribution in [-0.2, 0) is 0 Å². The number of alkyl halides is 4. The van der Waals surface area contributed by atoms with Crippen LogP contribution in [0, 0.1) is 0 Å². The molecule has 0 aromatic rings. The van der Waals surface area contributed by atoms with Gasteiger partial charge in [0.05, 0.1) is 0 Å². The van der Waals surface area contributed by atoms with Gasteiger partial charge in [0.2, 0.25) is 0 Å². The summed E-state index contributed by atoms with van der Waals surface area (Å²) in [7, 11) is 0. The molecule has 0 amide bonds. The minimum absolute atomic E-state index is 0.0979. The van der Waals surface area contributed by atoms with E-state index in [-0.39, 0.29) is 10.2 Å². The number of rotatable bonds is 6. The Kier molecular flexibility index (Phi) is 8.61. The van der Waals surface area contributed by atoms with Gasteiger partial charge in [-0.25, -0.2) is 0 Å². The van der Waals surface area contributed by atoms with Crippen LogP contribution in [-0.4, -0.2) is 16.1 Å². The lowest BCUT2D eigenvalue weighted by atomic mass is 10.2. The van der Waals surface area contributed by atoms with E-state index in [2.05, 4.69) is 0 Å². The fraction of sp³-hybridized carbons (Fsp3) is 1.00. The highest BCUT2D eigenvalue weighted by Gasteiger charge is 2.03. The van der Waals surface area contributed by atoms with Gasteiger partial charge in [0.25, 0.3) is 0 Å². The first-order valence-electron chi connectivity index (χ1n) is 3.65. The quantitative estimate of drug-likeness (QED) is 0.480. The van der Waals surface area contributed by atoms with Crippen molar-refractivity contribution in [1.29, 1.82) is 0 Å². The van der Waals surface area contributed by atoms with E-state index in [9.17, 15) is 0 Å². The van der Waals surface area contributed by atoms with Crippen LogP contribution in [0.15, 0.2) is 0 Å². The smallest absolute Gasteiger partial charge is 0.107 e. The maximum atomic E-state index is 5.78. The lowest BCUT2D eigenvalue weighted by molar-refractivity contribution is 0.656. The fourth-order valence-electron chi connectivity index (χ4n) is 0.742. The molecule has 0 N–H and O–H groups in total. The highest BCUT2D eigenvalue weighted by atomic mass is 35.5. The summed E-state index contributed by atoms with van der Waals surface area (Å²) in [6.45, 7) is 0. The Balaban J connectivity index is 3.01. The third-order valence-corrected chi connectivity index (χ3v) is 2.70. The van der Waals surface area contributed by atoms with Gasteiger partial charge < -0.3 is 0 Å². The number of hydrogen-bond acceptors (Lipinski definition) is 0. The van der Waals surface area contributed by atoms with E-state index in [1.54, 1.807) is 0 Å². The lowest BCUT2D eigenvalue weighted by Crippen LogP contribution is -1.99. The second-order valence-corrected chi connectivity index (χ2v) is 4.63. The van der Waals surface area contributed by atoms with Gasteiger partial charge in [-0.3, -0.25) is 0 Å². The summed E-state index contributed by atoms with van der Waals surface area (Å²) in [5, 5.41) is 0.0979. The monoisotopic (exact) mass is 236 g/mol. The Labute approximate surface area is 88.1 Å². The SMILES string of the molecule is ClCC(Cl)CCCCC(Cl)Cl. The average Bonchev–Trinajstić information content (AvgIpc) is 1.97. The molecule has 0 aliphatic rings. The maximum absolute atomic E-state index is 5.78. The van der Waals surface area contributed by atoms with Crippen LogP contribution in [0.5, 0.6) is 0 Å². The van der Waals surface area contributed by atoms with Gasteiger partial charge >= 0.3 is 0 Å². The van der Waals surface area contributed by atoms with E-state index in [1.807, 2.05) is 0 Å². The molecular weight excluding hydrogens is 226 g/mol. The molecule has 0 saturated heterocycles. The van der Waals surface area contributed by atoms with E-state index < -0.39 is 0 Å². The summed E-state index contributed by atoms with van der Waals surface area (Å²) in [5.74, 6) is 0.521. The molecule has 4 heteroatoms. The van der Waals surface area contributed by atoms with Crippen LogP contribution in [0.25, 0.3) is 0 Å². The van der Waals surface area contributed by atoms with Crippen molar-refractivity contribution in [3.63, 3.8) is 0 Å². The van der Waals surface area contributed by atoms with Gasteiger partial charge in [0.1, 0.15) is 4.84 Å². The Morgan fingerprint density at radius 2 is 1.45 bits per heavy atom. The van der Waals surface area contributed by atoms with Crippen LogP contribution in [0.2, 0.25) is 0 Å². The molecule has 0 aromatic carbocycles. The first-order valence-corrected chi connectivity index (χ1v) is 5.49. The zero-order valence-electron chi connectivity index (χ0n) is 6.20. The molecule has 0 radical (unpaired) electrons. The van der Waals surface area contributed by atoms with Gasteiger partial charge in [-0.2, -0.15) is 0 Å². The van der Waals surface area contributed by atoms with Gasteiger partial charge in [-0.1, -0.05) is 12.8 Å². The predicted molar refractivity (Wildman–Crippen MR) is 54.3 cm³/mol. The molecule has 0 heterocycles. The molecule has 68 valence electrons. The molecule has 0 aliphatic heterocycles. The molecule has 0 spiro atoms. The Bertz CT molecular complexity index is 84.5. The normalized spacial score (nSPS) is 13.9. The summed E-state index contributed by atoms with van der Waals surface area (Å²) < 4.78 is 0. The summed E-state index contributed by atoms with van der Waals surface area (Å²) in [6.07, 6.45) is 3.87. The Morgan fingerprint density at radius 3 is 1.91 bits per heavy atom. The molecule has 0 aromatic heterocycles. The molecule has 1 atom stereocenters. The first kappa shape index (κ1) is 12.2. The standard InChI is InChI=1S/C7H12Cl4/c8-5-6(9)3-1-2-4-7(10)11/h6-7H,1-5H2. The Morgan fingerprint density at radius 1 is 0.909 bits per heavy atom. The highest BCUT2D eigenvalue weighted by molar-refractivity contribution is 6.44. The van der Waals surface area contributed by atoms with Crippen molar-refractivity contribution < 1.29 is 0 Å². The summed E-state index contributed by atoms with van der Waals surface area (Å²) in [5.41, 5.74) is 0. The van der Waals surface area contributed by atoms with E-state index in [4.69, 9.17) is 46.4 Å². The third kappa shape index (κ3) is 9.07.